The van der Waals surface area contributed by atoms with Gasteiger partial charge in [-0.15, -0.1) is 0 Å². The lowest BCUT2D eigenvalue weighted by Gasteiger charge is -2.34. The van der Waals surface area contributed by atoms with Crippen LogP contribution >= 0.6 is 23.2 Å². The number of halogens is 2. The summed E-state index contributed by atoms with van der Waals surface area (Å²) >= 11 is 12.3. The molecule has 0 bridgehead atoms. The van der Waals surface area contributed by atoms with Crippen LogP contribution in [0.3, 0.4) is 0 Å². The standard InChI is InChI=1S/C18H26Cl2N2O2/c1-13-16(19)9-15(10-17(13)20)18(23)21(2)11-14-5-4-6-22(12-14)7-8-24-3/h9-10,14H,4-8,11-12H2,1-3H3/t14-/m1/s1. The molecule has 1 aliphatic rings. The van der Waals surface area contributed by atoms with Gasteiger partial charge in [-0.05, 0) is 49.9 Å². The Hall–Kier alpha value is -0.810. The zero-order valence-electron chi connectivity index (χ0n) is 14.6. The van der Waals surface area contributed by atoms with Gasteiger partial charge in [-0.1, -0.05) is 23.2 Å². The van der Waals surface area contributed by atoms with E-state index in [0.717, 1.165) is 44.8 Å². The van der Waals surface area contributed by atoms with Crippen LogP contribution in [0.25, 0.3) is 0 Å². The Bertz CT molecular complexity index is 557. The van der Waals surface area contributed by atoms with E-state index in [1.807, 2.05) is 14.0 Å². The molecule has 1 aromatic rings. The second-order valence-electron chi connectivity index (χ2n) is 6.55. The van der Waals surface area contributed by atoms with Crippen LogP contribution < -0.4 is 0 Å². The van der Waals surface area contributed by atoms with Gasteiger partial charge in [0.25, 0.3) is 5.91 Å². The summed E-state index contributed by atoms with van der Waals surface area (Å²) in [5.41, 5.74) is 1.35. The lowest BCUT2D eigenvalue weighted by molar-refractivity contribution is 0.0703. The largest absolute Gasteiger partial charge is 0.383 e. The fourth-order valence-electron chi connectivity index (χ4n) is 3.18. The second-order valence-corrected chi connectivity index (χ2v) is 7.37. The zero-order valence-corrected chi connectivity index (χ0v) is 16.2. The third-order valence-electron chi connectivity index (χ3n) is 4.62. The van der Waals surface area contributed by atoms with Gasteiger partial charge < -0.3 is 14.5 Å². The van der Waals surface area contributed by atoms with E-state index in [2.05, 4.69) is 4.90 Å². The minimum Gasteiger partial charge on any atom is -0.383 e. The van der Waals surface area contributed by atoms with Crippen LogP contribution in [0.1, 0.15) is 28.8 Å². The molecule has 24 heavy (non-hydrogen) atoms. The summed E-state index contributed by atoms with van der Waals surface area (Å²) in [7, 11) is 3.57. The van der Waals surface area contributed by atoms with E-state index >= 15 is 0 Å². The first-order valence-electron chi connectivity index (χ1n) is 8.34. The predicted molar refractivity (Wildman–Crippen MR) is 99.2 cm³/mol. The molecule has 2 rings (SSSR count). The molecule has 1 saturated heterocycles. The van der Waals surface area contributed by atoms with E-state index < -0.39 is 0 Å². The van der Waals surface area contributed by atoms with Crippen molar-refractivity contribution in [1.29, 1.82) is 0 Å². The lowest BCUT2D eigenvalue weighted by atomic mass is 9.97. The van der Waals surface area contributed by atoms with E-state index in [0.29, 0.717) is 21.5 Å². The average molecular weight is 373 g/mol. The molecule has 0 aromatic heterocycles. The highest BCUT2D eigenvalue weighted by Crippen LogP contribution is 2.26. The van der Waals surface area contributed by atoms with E-state index in [4.69, 9.17) is 27.9 Å². The molecule has 0 aliphatic carbocycles. The molecule has 1 fully saturated rings. The average Bonchev–Trinajstić information content (AvgIpc) is 2.57. The Balaban J connectivity index is 1.96. The molecule has 6 heteroatoms. The fourth-order valence-corrected chi connectivity index (χ4v) is 3.67. The topological polar surface area (TPSA) is 32.8 Å². The summed E-state index contributed by atoms with van der Waals surface area (Å²) in [6.45, 7) is 6.41. The number of carbonyl (C=O) groups excluding carboxylic acids is 1. The molecule has 0 unspecified atom stereocenters. The van der Waals surface area contributed by atoms with Crippen molar-refractivity contribution in [2.45, 2.75) is 19.8 Å². The number of rotatable bonds is 6. The van der Waals surface area contributed by atoms with Crippen LogP contribution in [-0.2, 0) is 4.74 Å². The minimum absolute atomic E-state index is 0.0344. The highest BCUT2D eigenvalue weighted by molar-refractivity contribution is 6.36. The fraction of sp³-hybridized carbons (Fsp3) is 0.611. The predicted octanol–water partition coefficient (Wildman–Crippen LogP) is 3.73. The van der Waals surface area contributed by atoms with Crippen LogP contribution in [-0.4, -0.2) is 62.7 Å². The van der Waals surface area contributed by atoms with Gasteiger partial charge in [0.1, 0.15) is 0 Å². The summed E-state index contributed by atoms with van der Waals surface area (Å²) in [5, 5.41) is 1.06. The van der Waals surface area contributed by atoms with E-state index in [1.54, 1.807) is 24.1 Å². The van der Waals surface area contributed by atoms with Crippen molar-refractivity contribution in [1.82, 2.24) is 9.80 Å². The number of methoxy groups -OCH3 is 1. The zero-order chi connectivity index (χ0) is 17.7. The summed E-state index contributed by atoms with van der Waals surface area (Å²) in [5.74, 6) is 0.453. The smallest absolute Gasteiger partial charge is 0.253 e. The molecular weight excluding hydrogens is 347 g/mol. The second kappa shape index (κ2) is 9.04. The maximum Gasteiger partial charge on any atom is 0.253 e. The van der Waals surface area contributed by atoms with Gasteiger partial charge in [0, 0.05) is 49.4 Å². The van der Waals surface area contributed by atoms with Crippen molar-refractivity contribution in [2.24, 2.45) is 5.92 Å². The van der Waals surface area contributed by atoms with E-state index in [1.165, 1.54) is 6.42 Å². The molecular formula is C18H26Cl2N2O2. The third-order valence-corrected chi connectivity index (χ3v) is 5.41. The van der Waals surface area contributed by atoms with Crippen LogP contribution in [0.5, 0.6) is 0 Å². The van der Waals surface area contributed by atoms with Gasteiger partial charge in [0.2, 0.25) is 0 Å². The molecule has 134 valence electrons. The Labute approximate surface area is 154 Å². The van der Waals surface area contributed by atoms with Crippen molar-refractivity contribution >= 4 is 29.1 Å². The Morgan fingerprint density at radius 2 is 2.04 bits per heavy atom. The summed E-state index contributed by atoms with van der Waals surface area (Å²) in [6, 6.07) is 3.40. The number of piperidine rings is 1. The quantitative estimate of drug-likeness (QED) is 0.762. The van der Waals surface area contributed by atoms with Gasteiger partial charge in [-0.2, -0.15) is 0 Å². The normalized spacial score (nSPS) is 18.6. The molecule has 1 aliphatic heterocycles. The molecule has 1 heterocycles. The summed E-state index contributed by atoms with van der Waals surface area (Å²) in [4.78, 5) is 16.9. The number of benzene rings is 1. The van der Waals surface area contributed by atoms with Crippen LogP contribution in [0.2, 0.25) is 10.0 Å². The molecule has 1 atom stereocenters. The summed E-state index contributed by atoms with van der Waals surface area (Å²) in [6.07, 6.45) is 2.31. The van der Waals surface area contributed by atoms with Crippen molar-refractivity contribution in [3.8, 4) is 0 Å². The van der Waals surface area contributed by atoms with Gasteiger partial charge in [0.15, 0.2) is 0 Å². The Morgan fingerprint density at radius 1 is 1.38 bits per heavy atom. The first-order chi connectivity index (χ1) is 11.4. The maximum absolute atomic E-state index is 12.7. The number of amides is 1. The van der Waals surface area contributed by atoms with Crippen molar-refractivity contribution in [3.63, 3.8) is 0 Å². The van der Waals surface area contributed by atoms with Crippen molar-refractivity contribution in [3.05, 3.63) is 33.3 Å². The minimum atomic E-state index is -0.0344. The molecule has 1 aromatic carbocycles. The van der Waals surface area contributed by atoms with E-state index in [9.17, 15) is 4.79 Å². The van der Waals surface area contributed by atoms with E-state index in [-0.39, 0.29) is 5.91 Å². The van der Waals surface area contributed by atoms with Gasteiger partial charge >= 0.3 is 0 Å². The number of carbonyl (C=O) groups is 1. The third kappa shape index (κ3) is 5.09. The molecule has 0 N–H and O–H groups in total. The molecule has 0 spiro atoms. The number of likely N-dealkylation sites (tertiary alicyclic amines) is 1. The van der Waals surface area contributed by atoms with Crippen LogP contribution in [0.4, 0.5) is 0 Å². The van der Waals surface area contributed by atoms with Gasteiger partial charge in [0.05, 0.1) is 6.61 Å². The Kier molecular flexibility index (Phi) is 7.35. The van der Waals surface area contributed by atoms with Crippen LogP contribution in [0, 0.1) is 12.8 Å². The van der Waals surface area contributed by atoms with Gasteiger partial charge in [-0.25, -0.2) is 0 Å². The van der Waals surface area contributed by atoms with Gasteiger partial charge in [-0.3, -0.25) is 4.79 Å². The SMILES string of the molecule is COCCN1CCC[C@H](CN(C)C(=O)c2cc(Cl)c(C)c(Cl)c2)C1. The van der Waals surface area contributed by atoms with Crippen molar-refractivity contribution < 1.29 is 9.53 Å². The Morgan fingerprint density at radius 3 is 2.67 bits per heavy atom. The summed E-state index contributed by atoms with van der Waals surface area (Å²) < 4.78 is 5.16. The molecule has 0 radical (unpaired) electrons. The highest BCUT2D eigenvalue weighted by Gasteiger charge is 2.23. The number of ether oxygens (including phenoxy) is 1. The molecule has 4 nitrogen and oxygen atoms in total. The molecule has 1 amide bonds. The number of hydrogen-bond donors (Lipinski definition) is 0. The maximum atomic E-state index is 12.7. The monoisotopic (exact) mass is 372 g/mol. The number of nitrogens with zero attached hydrogens (tertiary/aromatic N) is 2. The molecule has 0 saturated carbocycles. The highest BCUT2D eigenvalue weighted by atomic mass is 35.5. The van der Waals surface area contributed by atoms with Crippen molar-refractivity contribution in [2.75, 3.05) is 46.9 Å². The number of hydrogen-bond acceptors (Lipinski definition) is 3. The lowest BCUT2D eigenvalue weighted by Crippen LogP contribution is -2.42. The first-order valence-corrected chi connectivity index (χ1v) is 9.10. The first kappa shape index (κ1) is 19.5. The van der Waals surface area contributed by atoms with Crippen LogP contribution in [0.15, 0.2) is 12.1 Å².